The molecule has 0 atom stereocenters. The van der Waals surface area contributed by atoms with Crippen molar-refractivity contribution in [1.82, 2.24) is 9.97 Å². The first kappa shape index (κ1) is 17.6. The molecule has 0 saturated heterocycles. The number of fused-ring (bicyclic) bond motifs is 2. The van der Waals surface area contributed by atoms with Crippen LogP contribution in [-0.2, 0) is 0 Å². The fourth-order valence-electron chi connectivity index (χ4n) is 3.60. The molecule has 4 nitrogen and oxygen atoms in total. The summed E-state index contributed by atoms with van der Waals surface area (Å²) < 4.78 is 1.15. The van der Waals surface area contributed by atoms with Crippen molar-refractivity contribution < 1.29 is 4.79 Å². The van der Waals surface area contributed by atoms with Gasteiger partial charge >= 0.3 is 0 Å². The van der Waals surface area contributed by atoms with Crippen LogP contribution >= 0.6 is 11.3 Å². The Morgan fingerprint density at radius 1 is 1.00 bits per heavy atom. The van der Waals surface area contributed by atoms with E-state index in [4.69, 9.17) is 4.98 Å². The van der Waals surface area contributed by atoms with Crippen LogP contribution in [0.3, 0.4) is 0 Å². The van der Waals surface area contributed by atoms with Crippen LogP contribution in [0.5, 0.6) is 0 Å². The molecule has 0 aliphatic heterocycles. The van der Waals surface area contributed by atoms with Crippen LogP contribution in [0.25, 0.3) is 31.7 Å². The SMILES string of the molecule is Cc1[nH]c2c(C(=O)Nc3cccc(-c4nc5ccccc5s4)c3)cccc2c1C. The van der Waals surface area contributed by atoms with E-state index in [1.807, 2.05) is 67.6 Å². The van der Waals surface area contributed by atoms with Crippen LogP contribution < -0.4 is 5.32 Å². The van der Waals surface area contributed by atoms with Gasteiger partial charge in [-0.05, 0) is 49.7 Å². The van der Waals surface area contributed by atoms with Gasteiger partial charge in [-0.15, -0.1) is 11.3 Å². The van der Waals surface area contributed by atoms with E-state index >= 15 is 0 Å². The number of amides is 1. The number of rotatable bonds is 3. The lowest BCUT2D eigenvalue weighted by atomic mass is 10.1. The lowest BCUT2D eigenvalue weighted by Crippen LogP contribution is -2.12. The van der Waals surface area contributed by atoms with Crippen LogP contribution in [-0.4, -0.2) is 15.9 Å². The fourth-order valence-corrected chi connectivity index (χ4v) is 4.56. The molecular weight excluding hydrogens is 378 g/mol. The smallest absolute Gasteiger partial charge is 0.257 e. The topological polar surface area (TPSA) is 57.8 Å². The van der Waals surface area contributed by atoms with E-state index < -0.39 is 0 Å². The summed E-state index contributed by atoms with van der Waals surface area (Å²) in [6.45, 7) is 4.09. The normalized spacial score (nSPS) is 11.2. The van der Waals surface area contributed by atoms with E-state index in [-0.39, 0.29) is 5.91 Å². The van der Waals surface area contributed by atoms with Gasteiger partial charge in [0, 0.05) is 22.3 Å². The van der Waals surface area contributed by atoms with E-state index in [9.17, 15) is 4.79 Å². The highest BCUT2D eigenvalue weighted by Gasteiger charge is 2.15. The number of nitrogens with zero attached hydrogens (tertiary/aromatic N) is 1. The number of carbonyl (C=O) groups excluding carboxylic acids is 1. The molecule has 2 aromatic heterocycles. The highest BCUT2D eigenvalue weighted by molar-refractivity contribution is 7.21. The minimum Gasteiger partial charge on any atom is -0.358 e. The van der Waals surface area contributed by atoms with Gasteiger partial charge in [0.2, 0.25) is 0 Å². The summed E-state index contributed by atoms with van der Waals surface area (Å²) in [7, 11) is 0. The van der Waals surface area contributed by atoms with E-state index in [1.54, 1.807) is 11.3 Å². The first-order valence-corrected chi connectivity index (χ1v) is 10.3. The quantitative estimate of drug-likeness (QED) is 0.375. The third-order valence-electron chi connectivity index (χ3n) is 5.25. The second kappa shape index (κ2) is 6.87. The Bertz CT molecular complexity index is 1350. The maximum atomic E-state index is 13.0. The number of aryl methyl sites for hydroxylation is 2. The summed E-state index contributed by atoms with van der Waals surface area (Å²) >= 11 is 1.65. The molecule has 0 aliphatic carbocycles. The van der Waals surface area contributed by atoms with Gasteiger partial charge in [0.05, 0.1) is 21.3 Å². The van der Waals surface area contributed by atoms with Gasteiger partial charge in [0.15, 0.2) is 0 Å². The molecule has 29 heavy (non-hydrogen) atoms. The second-order valence-electron chi connectivity index (χ2n) is 7.12. The Morgan fingerprint density at radius 3 is 2.69 bits per heavy atom. The number of anilines is 1. The lowest BCUT2D eigenvalue weighted by molar-refractivity contribution is 0.102. The zero-order valence-electron chi connectivity index (χ0n) is 16.1. The van der Waals surface area contributed by atoms with E-state index in [0.717, 1.165) is 43.1 Å². The Labute approximate surface area is 172 Å². The van der Waals surface area contributed by atoms with Crippen LogP contribution in [0.2, 0.25) is 0 Å². The third-order valence-corrected chi connectivity index (χ3v) is 6.33. The lowest BCUT2D eigenvalue weighted by Gasteiger charge is -2.08. The molecule has 5 rings (SSSR count). The van der Waals surface area contributed by atoms with Gasteiger partial charge in [0.1, 0.15) is 5.01 Å². The first-order chi connectivity index (χ1) is 14.1. The van der Waals surface area contributed by atoms with Gasteiger partial charge in [-0.2, -0.15) is 0 Å². The standard InChI is InChI=1S/C24H19N3OS/c1-14-15(2)25-22-18(14)9-6-10-19(22)23(28)26-17-8-5-7-16(13-17)24-27-20-11-3-4-12-21(20)29-24/h3-13,25H,1-2H3,(H,26,28). The summed E-state index contributed by atoms with van der Waals surface area (Å²) in [6.07, 6.45) is 0. The molecule has 0 unspecified atom stereocenters. The van der Waals surface area contributed by atoms with Crippen LogP contribution in [0.15, 0.2) is 66.7 Å². The fraction of sp³-hybridized carbons (Fsp3) is 0.0833. The van der Waals surface area contributed by atoms with Gasteiger partial charge in [-0.3, -0.25) is 4.79 Å². The number of hydrogen-bond donors (Lipinski definition) is 2. The minimum absolute atomic E-state index is 0.127. The summed E-state index contributed by atoms with van der Waals surface area (Å²) in [4.78, 5) is 21.1. The van der Waals surface area contributed by atoms with E-state index in [1.165, 1.54) is 5.56 Å². The zero-order valence-corrected chi connectivity index (χ0v) is 16.9. The molecule has 1 amide bonds. The van der Waals surface area contributed by atoms with Crippen molar-refractivity contribution in [2.24, 2.45) is 0 Å². The number of thiazole rings is 1. The number of nitrogens with one attached hydrogen (secondary N) is 2. The number of H-pyrrole nitrogens is 1. The molecule has 2 heterocycles. The average Bonchev–Trinajstić information content (AvgIpc) is 3.29. The van der Waals surface area contributed by atoms with Crippen molar-refractivity contribution in [2.45, 2.75) is 13.8 Å². The molecule has 0 radical (unpaired) electrons. The maximum absolute atomic E-state index is 13.0. The highest BCUT2D eigenvalue weighted by atomic mass is 32.1. The number of para-hydroxylation sites is 2. The molecular formula is C24H19N3OS. The molecule has 0 saturated carbocycles. The highest BCUT2D eigenvalue weighted by Crippen LogP contribution is 2.31. The number of aromatic amines is 1. The summed E-state index contributed by atoms with van der Waals surface area (Å²) in [5, 5.41) is 5.07. The predicted molar refractivity (Wildman–Crippen MR) is 121 cm³/mol. The average molecular weight is 398 g/mol. The van der Waals surface area contributed by atoms with E-state index in [0.29, 0.717) is 5.56 Å². The third kappa shape index (κ3) is 3.09. The molecule has 5 aromatic rings. The van der Waals surface area contributed by atoms with Crippen molar-refractivity contribution in [3.8, 4) is 10.6 Å². The Morgan fingerprint density at radius 2 is 1.83 bits per heavy atom. The van der Waals surface area contributed by atoms with Crippen molar-refractivity contribution in [3.63, 3.8) is 0 Å². The second-order valence-corrected chi connectivity index (χ2v) is 8.16. The number of benzene rings is 3. The zero-order chi connectivity index (χ0) is 20.0. The molecule has 0 bridgehead atoms. The van der Waals surface area contributed by atoms with Crippen LogP contribution in [0.1, 0.15) is 21.6 Å². The van der Waals surface area contributed by atoms with Crippen molar-refractivity contribution in [1.29, 1.82) is 0 Å². The van der Waals surface area contributed by atoms with Gasteiger partial charge in [0.25, 0.3) is 5.91 Å². The predicted octanol–water partition coefficient (Wildman–Crippen LogP) is 6.31. The van der Waals surface area contributed by atoms with Crippen LogP contribution in [0, 0.1) is 13.8 Å². The number of aromatic nitrogens is 2. The largest absolute Gasteiger partial charge is 0.358 e. The Balaban J connectivity index is 1.48. The maximum Gasteiger partial charge on any atom is 0.257 e. The Kier molecular flexibility index (Phi) is 4.18. The molecule has 0 spiro atoms. The minimum atomic E-state index is -0.127. The first-order valence-electron chi connectivity index (χ1n) is 9.45. The molecule has 142 valence electrons. The molecule has 0 fully saturated rings. The van der Waals surface area contributed by atoms with Gasteiger partial charge < -0.3 is 10.3 Å². The van der Waals surface area contributed by atoms with Crippen LogP contribution in [0.4, 0.5) is 5.69 Å². The number of hydrogen-bond acceptors (Lipinski definition) is 3. The molecule has 5 heteroatoms. The Hall–Kier alpha value is -3.44. The molecule has 2 N–H and O–H groups in total. The summed E-state index contributed by atoms with van der Waals surface area (Å²) in [6, 6.07) is 21.8. The van der Waals surface area contributed by atoms with Crippen molar-refractivity contribution in [3.05, 3.63) is 83.6 Å². The molecule has 3 aromatic carbocycles. The summed E-state index contributed by atoms with van der Waals surface area (Å²) in [5.41, 5.74) is 6.51. The number of carbonyl (C=O) groups is 1. The monoisotopic (exact) mass is 397 g/mol. The summed E-state index contributed by atoms with van der Waals surface area (Å²) in [5.74, 6) is -0.127. The molecule has 0 aliphatic rings. The van der Waals surface area contributed by atoms with Gasteiger partial charge in [-0.1, -0.05) is 36.4 Å². The van der Waals surface area contributed by atoms with Gasteiger partial charge in [-0.25, -0.2) is 4.98 Å². The van der Waals surface area contributed by atoms with Crippen molar-refractivity contribution >= 4 is 44.1 Å². The van der Waals surface area contributed by atoms with E-state index in [2.05, 4.69) is 23.3 Å². The van der Waals surface area contributed by atoms with Crippen molar-refractivity contribution in [2.75, 3.05) is 5.32 Å².